The predicted molar refractivity (Wildman–Crippen MR) is 111 cm³/mol. The van der Waals surface area contributed by atoms with Gasteiger partial charge in [0.2, 0.25) is 0 Å². The molecule has 1 saturated heterocycles. The SMILES string of the molecule is C=CCN1C(=O)C(=O)/C(=C(/O)c2ccc(C)cc2)C1c1ccc(C(C)C)cc1. The van der Waals surface area contributed by atoms with Crippen LogP contribution in [0.15, 0.2) is 66.8 Å². The van der Waals surface area contributed by atoms with E-state index in [1.165, 1.54) is 10.5 Å². The number of carbonyl (C=O) groups excluding carboxylic acids is 2. The van der Waals surface area contributed by atoms with Crippen LogP contribution in [0.3, 0.4) is 0 Å². The zero-order valence-electron chi connectivity index (χ0n) is 16.5. The summed E-state index contributed by atoms with van der Waals surface area (Å²) in [6.07, 6.45) is 1.59. The number of carbonyl (C=O) groups is 2. The Hall–Kier alpha value is -3.14. The van der Waals surface area contributed by atoms with Crippen molar-refractivity contribution in [1.29, 1.82) is 0 Å². The second kappa shape index (κ2) is 7.85. The van der Waals surface area contributed by atoms with E-state index in [1.807, 2.05) is 43.3 Å². The Morgan fingerprint density at radius 3 is 2.25 bits per heavy atom. The van der Waals surface area contributed by atoms with E-state index in [2.05, 4.69) is 20.4 Å². The summed E-state index contributed by atoms with van der Waals surface area (Å²) < 4.78 is 0. The number of hydrogen-bond donors (Lipinski definition) is 1. The third-order valence-corrected chi connectivity index (χ3v) is 5.11. The molecule has 0 bridgehead atoms. The third kappa shape index (κ3) is 3.50. The summed E-state index contributed by atoms with van der Waals surface area (Å²) in [7, 11) is 0. The van der Waals surface area contributed by atoms with Crippen LogP contribution in [0.25, 0.3) is 5.76 Å². The van der Waals surface area contributed by atoms with Gasteiger partial charge in [0.25, 0.3) is 11.7 Å². The lowest BCUT2D eigenvalue weighted by Gasteiger charge is -2.24. The number of benzene rings is 2. The number of rotatable bonds is 5. The van der Waals surface area contributed by atoms with Crippen LogP contribution in [0, 0.1) is 6.92 Å². The lowest BCUT2D eigenvalue weighted by atomic mass is 9.93. The summed E-state index contributed by atoms with van der Waals surface area (Å²) in [6.45, 7) is 10.1. The largest absolute Gasteiger partial charge is 0.507 e. The quantitative estimate of drug-likeness (QED) is 0.356. The molecule has 1 heterocycles. The monoisotopic (exact) mass is 375 g/mol. The summed E-state index contributed by atoms with van der Waals surface area (Å²) in [4.78, 5) is 26.9. The zero-order valence-corrected chi connectivity index (χ0v) is 16.5. The maximum Gasteiger partial charge on any atom is 0.295 e. The Balaban J connectivity index is 2.15. The Bertz CT molecular complexity index is 937. The van der Waals surface area contributed by atoms with Gasteiger partial charge in [0, 0.05) is 12.1 Å². The van der Waals surface area contributed by atoms with Gasteiger partial charge in [-0.2, -0.15) is 0 Å². The lowest BCUT2D eigenvalue weighted by molar-refractivity contribution is -0.139. The third-order valence-electron chi connectivity index (χ3n) is 5.11. The van der Waals surface area contributed by atoms with Crippen LogP contribution in [-0.2, 0) is 9.59 Å². The van der Waals surface area contributed by atoms with Crippen LogP contribution >= 0.6 is 0 Å². The second-order valence-electron chi connectivity index (χ2n) is 7.43. The van der Waals surface area contributed by atoms with Crippen molar-refractivity contribution in [3.63, 3.8) is 0 Å². The molecule has 0 saturated carbocycles. The van der Waals surface area contributed by atoms with E-state index >= 15 is 0 Å². The standard InChI is InChI=1S/C24H25NO3/c1-5-14-25-21(18-12-10-17(11-13-18)15(2)3)20(23(27)24(25)28)22(26)19-8-6-16(4)7-9-19/h5-13,15,21,26H,1,14H2,2-4H3/b22-20+. The van der Waals surface area contributed by atoms with Gasteiger partial charge in [0.05, 0.1) is 11.6 Å². The number of likely N-dealkylation sites (tertiary alicyclic amines) is 1. The maximum absolute atomic E-state index is 12.8. The Morgan fingerprint density at radius 1 is 1.11 bits per heavy atom. The van der Waals surface area contributed by atoms with Gasteiger partial charge >= 0.3 is 0 Å². The first-order chi connectivity index (χ1) is 13.3. The molecule has 4 nitrogen and oxygen atoms in total. The van der Waals surface area contributed by atoms with Crippen molar-refractivity contribution in [2.75, 3.05) is 6.54 Å². The highest BCUT2D eigenvalue weighted by atomic mass is 16.3. The molecule has 1 aliphatic heterocycles. The van der Waals surface area contributed by atoms with Gasteiger partial charge < -0.3 is 10.0 Å². The molecule has 2 aromatic rings. The van der Waals surface area contributed by atoms with Gasteiger partial charge in [-0.1, -0.05) is 74.0 Å². The average molecular weight is 375 g/mol. The molecule has 2 aromatic carbocycles. The topological polar surface area (TPSA) is 57.6 Å². The lowest BCUT2D eigenvalue weighted by Crippen LogP contribution is -2.29. The molecule has 1 atom stereocenters. The zero-order chi connectivity index (χ0) is 20.4. The molecular formula is C24H25NO3. The van der Waals surface area contributed by atoms with Gasteiger partial charge in [-0.3, -0.25) is 9.59 Å². The van der Waals surface area contributed by atoms with Crippen LogP contribution in [0.1, 0.15) is 48.1 Å². The van der Waals surface area contributed by atoms with E-state index in [1.54, 1.807) is 18.2 Å². The number of Topliss-reactive ketones (excluding diaryl/α,β-unsaturated/α-hetero) is 1. The van der Waals surface area contributed by atoms with Crippen molar-refractivity contribution in [3.05, 3.63) is 89.0 Å². The molecule has 1 amide bonds. The molecule has 4 heteroatoms. The summed E-state index contributed by atoms with van der Waals surface area (Å²) in [5, 5.41) is 10.9. The van der Waals surface area contributed by atoms with Crippen LogP contribution in [0.2, 0.25) is 0 Å². The van der Waals surface area contributed by atoms with Gasteiger partial charge in [-0.05, 0) is 24.0 Å². The first-order valence-corrected chi connectivity index (χ1v) is 9.41. The van der Waals surface area contributed by atoms with E-state index in [-0.39, 0.29) is 17.9 Å². The van der Waals surface area contributed by atoms with Crippen molar-refractivity contribution >= 4 is 17.4 Å². The van der Waals surface area contributed by atoms with Crippen molar-refractivity contribution in [2.24, 2.45) is 0 Å². The number of ketones is 1. The molecule has 1 unspecified atom stereocenters. The fourth-order valence-electron chi connectivity index (χ4n) is 3.48. The molecule has 0 radical (unpaired) electrons. The number of aryl methyl sites for hydroxylation is 1. The van der Waals surface area contributed by atoms with Crippen molar-refractivity contribution in [1.82, 2.24) is 4.90 Å². The Morgan fingerprint density at radius 2 is 1.71 bits per heavy atom. The van der Waals surface area contributed by atoms with Crippen molar-refractivity contribution < 1.29 is 14.7 Å². The summed E-state index contributed by atoms with van der Waals surface area (Å²) in [5.41, 5.74) is 3.64. The molecule has 1 aliphatic rings. The first-order valence-electron chi connectivity index (χ1n) is 9.41. The molecule has 0 spiro atoms. The Labute approximate surface area is 165 Å². The molecule has 0 aliphatic carbocycles. The molecule has 144 valence electrons. The summed E-state index contributed by atoms with van der Waals surface area (Å²) >= 11 is 0. The minimum atomic E-state index is -0.669. The second-order valence-corrected chi connectivity index (χ2v) is 7.43. The van der Waals surface area contributed by atoms with Crippen LogP contribution in [-0.4, -0.2) is 28.2 Å². The van der Waals surface area contributed by atoms with E-state index in [9.17, 15) is 14.7 Å². The highest BCUT2D eigenvalue weighted by Gasteiger charge is 2.45. The summed E-state index contributed by atoms with van der Waals surface area (Å²) in [5.74, 6) is -1.06. The van der Waals surface area contributed by atoms with Gasteiger partial charge in [0.15, 0.2) is 0 Å². The number of nitrogens with zero attached hydrogens (tertiary/aromatic N) is 1. The fourth-order valence-corrected chi connectivity index (χ4v) is 3.48. The predicted octanol–water partition coefficient (Wildman–Crippen LogP) is 4.73. The molecule has 3 rings (SSSR count). The van der Waals surface area contributed by atoms with Crippen LogP contribution in [0.4, 0.5) is 0 Å². The maximum atomic E-state index is 12.8. The first kappa shape index (κ1) is 19.6. The molecule has 1 fully saturated rings. The molecule has 1 N–H and O–H groups in total. The van der Waals surface area contributed by atoms with E-state index < -0.39 is 17.7 Å². The Kier molecular flexibility index (Phi) is 5.50. The highest BCUT2D eigenvalue weighted by molar-refractivity contribution is 6.46. The normalized spacial score (nSPS) is 18.7. The molecular weight excluding hydrogens is 350 g/mol. The fraction of sp³-hybridized carbons (Fsp3) is 0.250. The smallest absolute Gasteiger partial charge is 0.295 e. The summed E-state index contributed by atoms with van der Waals surface area (Å²) in [6, 6.07) is 14.4. The van der Waals surface area contributed by atoms with Crippen LogP contribution < -0.4 is 0 Å². The number of amides is 1. The molecule has 28 heavy (non-hydrogen) atoms. The van der Waals surface area contributed by atoms with Gasteiger partial charge in [-0.25, -0.2) is 0 Å². The number of aliphatic hydroxyl groups is 1. The number of hydrogen-bond acceptors (Lipinski definition) is 3. The number of aliphatic hydroxyl groups excluding tert-OH is 1. The van der Waals surface area contributed by atoms with E-state index in [0.29, 0.717) is 11.5 Å². The van der Waals surface area contributed by atoms with Gasteiger partial charge in [-0.15, -0.1) is 6.58 Å². The molecule has 0 aromatic heterocycles. The minimum Gasteiger partial charge on any atom is -0.507 e. The van der Waals surface area contributed by atoms with Crippen molar-refractivity contribution in [2.45, 2.75) is 32.7 Å². The van der Waals surface area contributed by atoms with Gasteiger partial charge in [0.1, 0.15) is 5.76 Å². The van der Waals surface area contributed by atoms with E-state index in [4.69, 9.17) is 0 Å². The van der Waals surface area contributed by atoms with Crippen molar-refractivity contribution in [3.8, 4) is 0 Å². The van der Waals surface area contributed by atoms with Crippen LogP contribution in [0.5, 0.6) is 0 Å². The average Bonchev–Trinajstić information content (AvgIpc) is 2.93. The minimum absolute atomic E-state index is 0.119. The highest BCUT2D eigenvalue weighted by Crippen LogP contribution is 2.39. The van der Waals surface area contributed by atoms with E-state index in [0.717, 1.165) is 11.1 Å².